The zero-order chi connectivity index (χ0) is 13.9. The van der Waals surface area contributed by atoms with Crippen molar-refractivity contribution in [1.82, 2.24) is 0 Å². The first-order chi connectivity index (χ1) is 9.15. The van der Waals surface area contributed by atoms with Crippen LogP contribution in [0.1, 0.15) is 19.3 Å². The summed E-state index contributed by atoms with van der Waals surface area (Å²) in [7, 11) is 2.62. The fraction of sp³-hybridized carbons (Fsp3) is 0.467. The second-order valence-corrected chi connectivity index (χ2v) is 4.83. The molecule has 0 spiro atoms. The fourth-order valence-corrected chi connectivity index (χ4v) is 2.88. The van der Waals surface area contributed by atoms with Crippen molar-refractivity contribution in [3.05, 3.63) is 36.0 Å². The lowest BCUT2D eigenvalue weighted by Gasteiger charge is -2.32. The molecule has 2 rings (SSSR count). The van der Waals surface area contributed by atoms with Crippen molar-refractivity contribution in [3.63, 3.8) is 0 Å². The molecule has 0 amide bonds. The number of esters is 2. The summed E-state index contributed by atoms with van der Waals surface area (Å²) in [5.41, 5.74) is -0.0887. The van der Waals surface area contributed by atoms with E-state index in [0.717, 1.165) is 5.57 Å². The number of carbonyl (C=O) groups is 2. The largest absolute Gasteiger partial charge is 0.468 e. The molecule has 4 nitrogen and oxygen atoms in total. The van der Waals surface area contributed by atoms with Crippen LogP contribution in [0.25, 0.3) is 0 Å². The molecule has 102 valence electrons. The van der Waals surface area contributed by atoms with Gasteiger partial charge in [0.05, 0.1) is 14.2 Å². The Morgan fingerprint density at radius 3 is 2.53 bits per heavy atom. The van der Waals surface area contributed by atoms with Gasteiger partial charge in [-0.1, -0.05) is 36.0 Å². The van der Waals surface area contributed by atoms with Crippen molar-refractivity contribution in [2.24, 2.45) is 11.3 Å². The number of rotatable bonds is 2. The highest BCUT2D eigenvalue weighted by Crippen LogP contribution is 2.43. The molecule has 0 aromatic rings. The number of carbonyl (C=O) groups excluding carboxylic acids is 2. The van der Waals surface area contributed by atoms with Crippen LogP contribution in [0.15, 0.2) is 36.0 Å². The molecule has 0 fully saturated rings. The summed E-state index contributed by atoms with van der Waals surface area (Å²) >= 11 is 0. The number of hydrogen-bond acceptors (Lipinski definition) is 4. The average molecular weight is 262 g/mol. The molecule has 1 atom stereocenters. The van der Waals surface area contributed by atoms with Crippen molar-refractivity contribution in [2.45, 2.75) is 19.3 Å². The fourth-order valence-electron chi connectivity index (χ4n) is 2.88. The van der Waals surface area contributed by atoms with Gasteiger partial charge < -0.3 is 9.47 Å². The molecule has 0 aromatic carbocycles. The Bertz CT molecular complexity index is 455. The minimum absolute atomic E-state index is 0.226. The van der Waals surface area contributed by atoms with Crippen LogP contribution in [0, 0.1) is 11.3 Å². The van der Waals surface area contributed by atoms with Crippen molar-refractivity contribution < 1.29 is 19.1 Å². The van der Waals surface area contributed by atoms with Crippen LogP contribution in [0.4, 0.5) is 0 Å². The molecular formula is C15H18O4. The molecular weight excluding hydrogens is 244 g/mol. The van der Waals surface area contributed by atoms with Gasteiger partial charge in [0.1, 0.15) is 0 Å². The van der Waals surface area contributed by atoms with Gasteiger partial charge >= 0.3 is 11.9 Å². The lowest BCUT2D eigenvalue weighted by atomic mass is 9.71. The normalized spacial score (nSPS) is 23.9. The van der Waals surface area contributed by atoms with E-state index in [1.54, 1.807) is 0 Å². The van der Waals surface area contributed by atoms with Gasteiger partial charge in [-0.25, -0.2) is 0 Å². The molecule has 0 N–H and O–H groups in total. The van der Waals surface area contributed by atoms with E-state index in [1.807, 2.05) is 24.3 Å². The SMILES string of the molecule is COC(=O)C1(C(=O)OC)CCC=C2C=CC=C[C@H]1C2. The van der Waals surface area contributed by atoms with Gasteiger partial charge in [0.25, 0.3) is 0 Å². The van der Waals surface area contributed by atoms with Crippen LogP contribution in [0.3, 0.4) is 0 Å². The minimum atomic E-state index is -1.23. The molecule has 2 bridgehead atoms. The van der Waals surface area contributed by atoms with Gasteiger partial charge in [-0.2, -0.15) is 0 Å². The van der Waals surface area contributed by atoms with E-state index >= 15 is 0 Å². The molecule has 0 unspecified atom stereocenters. The second kappa shape index (κ2) is 5.43. The maximum Gasteiger partial charge on any atom is 0.323 e. The highest BCUT2D eigenvalue weighted by atomic mass is 16.5. The maximum atomic E-state index is 12.3. The molecule has 0 aromatic heterocycles. The van der Waals surface area contributed by atoms with Crippen LogP contribution < -0.4 is 0 Å². The van der Waals surface area contributed by atoms with Crippen LogP contribution in [0.2, 0.25) is 0 Å². The second-order valence-electron chi connectivity index (χ2n) is 4.83. The zero-order valence-electron chi connectivity index (χ0n) is 11.2. The summed E-state index contributed by atoms with van der Waals surface area (Å²) in [5.74, 6) is -1.24. The number of hydrogen-bond donors (Lipinski definition) is 0. The number of ether oxygens (including phenoxy) is 2. The maximum absolute atomic E-state index is 12.3. The van der Waals surface area contributed by atoms with Crippen molar-refractivity contribution in [1.29, 1.82) is 0 Å². The molecule has 4 heteroatoms. The topological polar surface area (TPSA) is 52.6 Å². The number of methoxy groups -OCH3 is 2. The molecule has 0 heterocycles. The predicted molar refractivity (Wildman–Crippen MR) is 70.2 cm³/mol. The average Bonchev–Trinajstić information content (AvgIpc) is 2.78. The van der Waals surface area contributed by atoms with Crippen LogP contribution >= 0.6 is 0 Å². The number of fused-ring (bicyclic) bond motifs is 2. The van der Waals surface area contributed by atoms with E-state index < -0.39 is 17.4 Å². The Hall–Kier alpha value is -1.84. The lowest BCUT2D eigenvalue weighted by Crippen LogP contribution is -2.46. The van der Waals surface area contributed by atoms with Crippen molar-refractivity contribution in [2.75, 3.05) is 14.2 Å². The lowest BCUT2D eigenvalue weighted by molar-refractivity contribution is -0.173. The Kier molecular flexibility index (Phi) is 3.88. The first kappa shape index (κ1) is 13.6. The first-order valence-electron chi connectivity index (χ1n) is 6.36. The molecule has 0 aliphatic heterocycles. The Morgan fingerprint density at radius 2 is 1.89 bits per heavy atom. The third-order valence-corrected chi connectivity index (χ3v) is 3.90. The van der Waals surface area contributed by atoms with Crippen LogP contribution in [0.5, 0.6) is 0 Å². The van der Waals surface area contributed by atoms with Gasteiger partial charge in [-0.3, -0.25) is 9.59 Å². The monoisotopic (exact) mass is 262 g/mol. The summed E-state index contributed by atoms with van der Waals surface area (Å²) in [6.45, 7) is 0. The summed E-state index contributed by atoms with van der Waals surface area (Å²) in [5, 5.41) is 0. The Balaban J connectivity index is 2.48. The highest BCUT2D eigenvalue weighted by molar-refractivity contribution is 6.00. The van der Waals surface area contributed by atoms with Gasteiger partial charge in [0.15, 0.2) is 5.41 Å². The molecule has 19 heavy (non-hydrogen) atoms. The van der Waals surface area contributed by atoms with E-state index in [4.69, 9.17) is 9.47 Å². The molecule has 0 saturated carbocycles. The highest BCUT2D eigenvalue weighted by Gasteiger charge is 2.53. The summed E-state index contributed by atoms with van der Waals surface area (Å²) in [6, 6.07) is 0. The van der Waals surface area contributed by atoms with Crippen molar-refractivity contribution >= 4 is 11.9 Å². The quantitative estimate of drug-likeness (QED) is 0.565. The van der Waals surface area contributed by atoms with Crippen LogP contribution in [-0.2, 0) is 19.1 Å². The summed E-state index contributed by atoms with van der Waals surface area (Å²) < 4.78 is 9.77. The molecule has 0 radical (unpaired) electrons. The Morgan fingerprint density at radius 1 is 1.21 bits per heavy atom. The third kappa shape index (κ3) is 2.23. The van der Waals surface area contributed by atoms with Gasteiger partial charge in [-0.15, -0.1) is 0 Å². The number of allylic oxidation sites excluding steroid dienone is 6. The van der Waals surface area contributed by atoms with E-state index in [2.05, 4.69) is 6.08 Å². The van der Waals surface area contributed by atoms with E-state index in [1.165, 1.54) is 14.2 Å². The minimum Gasteiger partial charge on any atom is -0.468 e. The van der Waals surface area contributed by atoms with Gasteiger partial charge in [-0.05, 0) is 19.3 Å². The first-order valence-corrected chi connectivity index (χ1v) is 6.36. The molecule has 2 aliphatic rings. The Labute approximate surface area is 112 Å². The third-order valence-electron chi connectivity index (χ3n) is 3.90. The summed E-state index contributed by atoms with van der Waals surface area (Å²) in [4.78, 5) is 24.5. The van der Waals surface area contributed by atoms with Gasteiger partial charge in [0.2, 0.25) is 0 Å². The molecule has 2 aliphatic carbocycles. The molecule has 0 saturated heterocycles. The summed E-state index contributed by atoms with van der Waals surface area (Å²) in [6.07, 6.45) is 11.5. The van der Waals surface area contributed by atoms with Gasteiger partial charge in [0, 0.05) is 5.92 Å². The zero-order valence-corrected chi connectivity index (χ0v) is 11.2. The smallest absolute Gasteiger partial charge is 0.323 e. The standard InChI is InChI=1S/C15H18O4/c1-18-13(16)15(14(17)19-2)9-5-7-11-6-3-4-8-12(15)10-11/h3-4,6-8,12H,5,9-10H2,1-2H3/t12-/m0/s1. The predicted octanol–water partition coefficient (Wildman–Crippen LogP) is 2.17. The van der Waals surface area contributed by atoms with E-state index in [-0.39, 0.29) is 5.92 Å². The van der Waals surface area contributed by atoms with Crippen LogP contribution in [-0.4, -0.2) is 26.2 Å². The van der Waals surface area contributed by atoms with E-state index in [0.29, 0.717) is 19.3 Å². The van der Waals surface area contributed by atoms with E-state index in [9.17, 15) is 9.59 Å². The van der Waals surface area contributed by atoms with Crippen molar-refractivity contribution in [3.8, 4) is 0 Å².